The maximum atomic E-state index is 12.9. The van der Waals surface area contributed by atoms with E-state index in [0.29, 0.717) is 43.3 Å². The van der Waals surface area contributed by atoms with Crippen molar-refractivity contribution in [3.63, 3.8) is 0 Å². The summed E-state index contributed by atoms with van der Waals surface area (Å²) in [6, 6.07) is 12.3. The highest BCUT2D eigenvalue weighted by molar-refractivity contribution is 6.00. The van der Waals surface area contributed by atoms with Crippen LogP contribution in [0.5, 0.6) is 5.75 Å². The third kappa shape index (κ3) is 5.86. The fourth-order valence-corrected chi connectivity index (χ4v) is 2.71. The molecule has 1 aliphatic heterocycles. The number of nitrogens with zero attached hydrogens (tertiary/aromatic N) is 2. The van der Waals surface area contributed by atoms with Gasteiger partial charge in [-0.2, -0.15) is 5.10 Å². The second kappa shape index (κ2) is 9.79. The van der Waals surface area contributed by atoms with E-state index in [1.807, 2.05) is 0 Å². The average molecular weight is 399 g/mol. The molecule has 2 aromatic rings. The fraction of sp³-hybridized carbons (Fsp3) is 0.286. The number of carbonyl (C=O) groups is 2. The lowest BCUT2D eigenvalue weighted by molar-refractivity contribution is -0.137. The molecule has 0 spiro atoms. The molecule has 1 saturated heterocycles. The number of rotatable bonds is 6. The Morgan fingerprint density at radius 2 is 1.69 bits per heavy atom. The molecule has 152 valence electrons. The van der Waals surface area contributed by atoms with E-state index in [1.165, 1.54) is 24.3 Å². The summed E-state index contributed by atoms with van der Waals surface area (Å²) in [6.07, 6.45) is 0. The monoisotopic (exact) mass is 399 g/mol. The van der Waals surface area contributed by atoms with Crippen LogP contribution >= 0.6 is 0 Å². The van der Waals surface area contributed by atoms with Gasteiger partial charge in [-0.15, -0.1) is 0 Å². The van der Waals surface area contributed by atoms with Gasteiger partial charge in [0.05, 0.1) is 18.9 Å². The topological polar surface area (TPSA) is 80.2 Å². The zero-order valence-corrected chi connectivity index (χ0v) is 16.1. The molecule has 0 radical (unpaired) electrons. The molecule has 2 amide bonds. The molecule has 1 N–H and O–H groups in total. The highest BCUT2D eigenvalue weighted by Crippen LogP contribution is 2.13. The van der Waals surface area contributed by atoms with E-state index in [2.05, 4.69) is 10.5 Å². The van der Waals surface area contributed by atoms with Crippen molar-refractivity contribution in [3.05, 3.63) is 65.5 Å². The van der Waals surface area contributed by atoms with Gasteiger partial charge in [-0.25, -0.2) is 9.82 Å². The summed E-state index contributed by atoms with van der Waals surface area (Å²) in [5.74, 6) is -0.335. The van der Waals surface area contributed by atoms with E-state index >= 15 is 0 Å². The first-order valence-corrected chi connectivity index (χ1v) is 9.22. The van der Waals surface area contributed by atoms with Gasteiger partial charge in [-0.3, -0.25) is 9.59 Å². The standard InChI is InChI=1S/C21H22FN3O4/c1-15(23-24-21(27)17-2-6-18(22)7-3-17)16-4-8-19(9-5-16)29-14-20(26)25-10-12-28-13-11-25/h2-9H,10-14H2,1H3,(H,24,27)/b23-15-. The smallest absolute Gasteiger partial charge is 0.271 e. The number of hydrazone groups is 1. The van der Waals surface area contributed by atoms with Crippen LogP contribution in [0.4, 0.5) is 4.39 Å². The molecule has 0 atom stereocenters. The first-order chi connectivity index (χ1) is 14.0. The third-order valence-corrected chi connectivity index (χ3v) is 4.43. The Morgan fingerprint density at radius 1 is 1.07 bits per heavy atom. The second-order valence-electron chi connectivity index (χ2n) is 6.45. The largest absolute Gasteiger partial charge is 0.484 e. The maximum absolute atomic E-state index is 12.9. The molecule has 29 heavy (non-hydrogen) atoms. The predicted molar refractivity (Wildman–Crippen MR) is 105 cm³/mol. The minimum absolute atomic E-state index is 0.0276. The Hall–Kier alpha value is -3.26. The molecule has 2 aromatic carbocycles. The van der Waals surface area contributed by atoms with E-state index in [0.717, 1.165) is 5.56 Å². The predicted octanol–water partition coefficient (Wildman–Crippen LogP) is 2.22. The molecule has 0 saturated carbocycles. The van der Waals surface area contributed by atoms with Crippen molar-refractivity contribution >= 4 is 17.5 Å². The minimum atomic E-state index is -0.425. The molecule has 0 aromatic heterocycles. The van der Waals surface area contributed by atoms with Crippen molar-refractivity contribution in [3.8, 4) is 5.75 Å². The van der Waals surface area contributed by atoms with Crippen LogP contribution in [-0.2, 0) is 9.53 Å². The Labute approximate surface area is 168 Å². The Morgan fingerprint density at radius 3 is 2.34 bits per heavy atom. The molecule has 3 rings (SSSR count). The van der Waals surface area contributed by atoms with Crippen LogP contribution < -0.4 is 10.2 Å². The third-order valence-electron chi connectivity index (χ3n) is 4.43. The van der Waals surface area contributed by atoms with Gasteiger partial charge < -0.3 is 14.4 Å². The summed E-state index contributed by atoms with van der Waals surface area (Å²) in [5, 5.41) is 4.07. The number of nitrogens with one attached hydrogen (secondary N) is 1. The maximum Gasteiger partial charge on any atom is 0.271 e. The summed E-state index contributed by atoms with van der Waals surface area (Å²) in [6.45, 7) is 4.00. The van der Waals surface area contributed by atoms with Crippen molar-refractivity contribution in [2.75, 3.05) is 32.9 Å². The van der Waals surface area contributed by atoms with E-state index in [9.17, 15) is 14.0 Å². The van der Waals surface area contributed by atoms with E-state index in [1.54, 1.807) is 36.1 Å². The van der Waals surface area contributed by atoms with Gasteiger partial charge in [0, 0.05) is 18.7 Å². The van der Waals surface area contributed by atoms with Gasteiger partial charge in [0.25, 0.3) is 11.8 Å². The summed E-state index contributed by atoms with van der Waals surface area (Å²) in [5.41, 5.74) is 4.14. The zero-order valence-electron chi connectivity index (χ0n) is 16.1. The van der Waals surface area contributed by atoms with Gasteiger partial charge in [0.2, 0.25) is 0 Å². The zero-order chi connectivity index (χ0) is 20.6. The van der Waals surface area contributed by atoms with Crippen LogP contribution in [0.25, 0.3) is 0 Å². The lowest BCUT2D eigenvalue weighted by Crippen LogP contribution is -2.42. The van der Waals surface area contributed by atoms with Crippen molar-refractivity contribution in [1.82, 2.24) is 10.3 Å². The van der Waals surface area contributed by atoms with Crippen LogP contribution in [0.2, 0.25) is 0 Å². The van der Waals surface area contributed by atoms with E-state index < -0.39 is 11.7 Å². The number of hydrogen-bond acceptors (Lipinski definition) is 5. The molecule has 0 aliphatic carbocycles. The number of ether oxygens (including phenoxy) is 2. The summed E-state index contributed by atoms with van der Waals surface area (Å²) in [4.78, 5) is 25.8. The van der Waals surface area contributed by atoms with Crippen molar-refractivity contribution < 1.29 is 23.5 Å². The number of halogens is 1. The highest BCUT2D eigenvalue weighted by atomic mass is 19.1. The van der Waals surface area contributed by atoms with Crippen LogP contribution in [0.15, 0.2) is 53.6 Å². The molecular formula is C21H22FN3O4. The SMILES string of the molecule is C/C(=N/NC(=O)c1ccc(F)cc1)c1ccc(OCC(=O)N2CCOCC2)cc1. The lowest BCUT2D eigenvalue weighted by Gasteiger charge is -2.26. The first-order valence-electron chi connectivity index (χ1n) is 9.22. The Balaban J connectivity index is 1.51. The molecule has 0 unspecified atom stereocenters. The molecule has 8 heteroatoms. The van der Waals surface area contributed by atoms with Crippen molar-refractivity contribution in [1.29, 1.82) is 0 Å². The summed E-state index contributed by atoms with van der Waals surface area (Å²) < 4.78 is 23.7. The summed E-state index contributed by atoms with van der Waals surface area (Å²) in [7, 11) is 0. The van der Waals surface area contributed by atoms with Gasteiger partial charge in [0.1, 0.15) is 11.6 Å². The Kier molecular flexibility index (Phi) is 6.91. The number of carbonyl (C=O) groups excluding carboxylic acids is 2. The van der Waals surface area contributed by atoms with Crippen molar-refractivity contribution in [2.45, 2.75) is 6.92 Å². The molecule has 1 fully saturated rings. The fourth-order valence-electron chi connectivity index (χ4n) is 2.71. The van der Waals surface area contributed by atoms with Crippen LogP contribution in [0.1, 0.15) is 22.8 Å². The van der Waals surface area contributed by atoms with Gasteiger partial charge in [-0.1, -0.05) is 0 Å². The quantitative estimate of drug-likeness (QED) is 0.597. The summed E-state index contributed by atoms with van der Waals surface area (Å²) >= 11 is 0. The molecule has 7 nitrogen and oxygen atoms in total. The minimum Gasteiger partial charge on any atom is -0.484 e. The van der Waals surface area contributed by atoms with Crippen LogP contribution in [0.3, 0.4) is 0 Å². The van der Waals surface area contributed by atoms with Gasteiger partial charge in [0.15, 0.2) is 6.61 Å². The van der Waals surface area contributed by atoms with E-state index in [-0.39, 0.29) is 12.5 Å². The highest BCUT2D eigenvalue weighted by Gasteiger charge is 2.17. The van der Waals surface area contributed by atoms with Gasteiger partial charge in [-0.05, 0) is 61.0 Å². The van der Waals surface area contributed by atoms with Crippen LogP contribution in [-0.4, -0.2) is 55.3 Å². The number of benzene rings is 2. The molecule has 0 bridgehead atoms. The van der Waals surface area contributed by atoms with Crippen molar-refractivity contribution in [2.24, 2.45) is 5.10 Å². The number of hydrogen-bond donors (Lipinski definition) is 1. The van der Waals surface area contributed by atoms with Gasteiger partial charge >= 0.3 is 0 Å². The van der Waals surface area contributed by atoms with E-state index in [4.69, 9.17) is 9.47 Å². The first kappa shape index (κ1) is 20.5. The molecular weight excluding hydrogens is 377 g/mol. The Bertz CT molecular complexity index is 876. The number of amides is 2. The lowest BCUT2D eigenvalue weighted by atomic mass is 10.1. The molecule has 1 heterocycles. The number of morpholine rings is 1. The normalized spacial score (nSPS) is 14.4. The molecule has 1 aliphatic rings. The van der Waals surface area contributed by atoms with Crippen LogP contribution in [0, 0.1) is 5.82 Å². The average Bonchev–Trinajstić information content (AvgIpc) is 2.77. The second-order valence-corrected chi connectivity index (χ2v) is 6.45.